The van der Waals surface area contributed by atoms with Crippen molar-refractivity contribution in [1.82, 2.24) is 4.98 Å². The van der Waals surface area contributed by atoms with Crippen molar-refractivity contribution in [2.24, 2.45) is 0 Å². The zero-order valence-electron chi connectivity index (χ0n) is 11.6. The van der Waals surface area contributed by atoms with Crippen LogP contribution in [0, 0.1) is 24.1 Å². The lowest BCUT2D eigenvalue weighted by molar-refractivity contribution is -0.114. The molecule has 0 saturated heterocycles. The van der Waals surface area contributed by atoms with Crippen molar-refractivity contribution < 1.29 is 9.18 Å². The number of ketones is 1. The van der Waals surface area contributed by atoms with E-state index in [0.717, 1.165) is 5.69 Å². The van der Waals surface area contributed by atoms with Crippen LogP contribution >= 0.6 is 11.3 Å². The Hall–Kier alpha value is -2.32. The summed E-state index contributed by atoms with van der Waals surface area (Å²) in [4.78, 5) is 16.4. The van der Waals surface area contributed by atoms with E-state index in [0.29, 0.717) is 16.1 Å². The highest BCUT2D eigenvalue weighted by Gasteiger charge is 2.22. The number of rotatable bonds is 4. The summed E-state index contributed by atoms with van der Waals surface area (Å²) in [5.74, 6) is -1.71. The van der Waals surface area contributed by atoms with Crippen molar-refractivity contribution in [3.8, 4) is 6.07 Å². The normalized spacial score (nSPS) is 12.8. The summed E-state index contributed by atoms with van der Waals surface area (Å²) in [5.41, 5.74) is 1.63. The number of carbonyl (C=O) groups excluding carboxylic acids is 1. The first-order valence-corrected chi connectivity index (χ1v) is 7.19. The summed E-state index contributed by atoms with van der Waals surface area (Å²) in [6.07, 6.45) is 1.31. The Bertz CT molecular complexity index is 743. The van der Waals surface area contributed by atoms with E-state index < -0.39 is 11.7 Å². The molecule has 0 radical (unpaired) electrons. The topological polar surface area (TPSA) is 53.8 Å². The van der Waals surface area contributed by atoms with Crippen LogP contribution in [0.4, 0.5) is 4.39 Å². The van der Waals surface area contributed by atoms with Crippen LogP contribution < -0.4 is 0 Å². The fraction of sp³-hybridized carbons (Fsp3) is 0.188. The SMILES string of the molecule is C/C(=C/C(=O)C(C#N)c1nc(C)cs1)c1ccccc1F. The average Bonchev–Trinajstić information content (AvgIpc) is 2.86. The molecular formula is C16H13FN2OS. The van der Waals surface area contributed by atoms with E-state index in [-0.39, 0.29) is 5.78 Å². The van der Waals surface area contributed by atoms with E-state index in [1.807, 2.05) is 6.07 Å². The highest BCUT2D eigenvalue weighted by molar-refractivity contribution is 7.10. The molecule has 0 aliphatic heterocycles. The molecular weight excluding hydrogens is 287 g/mol. The van der Waals surface area contributed by atoms with Crippen molar-refractivity contribution in [3.63, 3.8) is 0 Å². The van der Waals surface area contributed by atoms with E-state index in [4.69, 9.17) is 0 Å². The van der Waals surface area contributed by atoms with Crippen LogP contribution in [0.25, 0.3) is 5.57 Å². The number of aromatic nitrogens is 1. The maximum Gasteiger partial charge on any atom is 0.180 e. The number of hydrogen-bond donors (Lipinski definition) is 0. The lowest BCUT2D eigenvalue weighted by Gasteiger charge is -2.05. The number of thiazole rings is 1. The fourth-order valence-electron chi connectivity index (χ4n) is 1.90. The number of allylic oxidation sites excluding steroid dienone is 2. The second-order valence-corrected chi connectivity index (χ2v) is 5.49. The zero-order valence-corrected chi connectivity index (χ0v) is 12.4. The monoisotopic (exact) mass is 300 g/mol. The third-order valence-corrected chi connectivity index (χ3v) is 3.98. The van der Waals surface area contributed by atoms with Gasteiger partial charge in [0.05, 0.1) is 6.07 Å². The van der Waals surface area contributed by atoms with E-state index in [1.165, 1.54) is 23.5 Å². The predicted octanol–water partition coefficient (Wildman–Crippen LogP) is 3.87. The first kappa shape index (κ1) is 15.1. The quantitative estimate of drug-likeness (QED) is 0.805. The van der Waals surface area contributed by atoms with Crippen molar-refractivity contribution in [1.29, 1.82) is 5.26 Å². The summed E-state index contributed by atoms with van der Waals surface area (Å²) in [6.45, 7) is 3.46. The number of nitrogens with zero attached hydrogens (tertiary/aromatic N) is 2. The van der Waals surface area contributed by atoms with Crippen LogP contribution in [0.3, 0.4) is 0 Å². The number of halogens is 1. The molecule has 0 bridgehead atoms. The molecule has 2 rings (SSSR count). The van der Waals surface area contributed by atoms with Crippen LogP contribution in [0.1, 0.15) is 29.1 Å². The maximum atomic E-state index is 13.7. The molecule has 2 aromatic rings. The average molecular weight is 300 g/mol. The Balaban J connectivity index is 2.29. The molecule has 1 unspecified atom stereocenters. The van der Waals surface area contributed by atoms with Gasteiger partial charge < -0.3 is 0 Å². The van der Waals surface area contributed by atoms with Gasteiger partial charge in [-0.05, 0) is 31.6 Å². The highest BCUT2D eigenvalue weighted by atomic mass is 32.1. The van der Waals surface area contributed by atoms with Crippen LogP contribution in [-0.4, -0.2) is 10.8 Å². The number of nitriles is 1. The minimum absolute atomic E-state index is 0.359. The fourth-order valence-corrected chi connectivity index (χ4v) is 2.75. The summed E-state index contributed by atoms with van der Waals surface area (Å²) < 4.78 is 13.7. The Morgan fingerprint density at radius 3 is 2.76 bits per heavy atom. The molecule has 0 saturated carbocycles. The summed E-state index contributed by atoms with van der Waals surface area (Å²) >= 11 is 1.28. The van der Waals surface area contributed by atoms with Gasteiger partial charge in [-0.3, -0.25) is 4.79 Å². The van der Waals surface area contributed by atoms with Crippen molar-refractivity contribution in [2.75, 3.05) is 0 Å². The highest BCUT2D eigenvalue weighted by Crippen LogP contribution is 2.24. The number of carbonyl (C=O) groups is 1. The second kappa shape index (κ2) is 6.42. The van der Waals surface area contributed by atoms with E-state index in [9.17, 15) is 14.4 Å². The Labute approximate surface area is 126 Å². The minimum atomic E-state index is -0.939. The second-order valence-electron chi connectivity index (χ2n) is 4.60. The zero-order chi connectivity index (χ0) is 15.4. The van der Waals surface area contributed by atoms with Gasteiger partial charge >= 0.3 is 0 Å². The molecule has 0 fully saturated rings. The van der Waals surface area contributed by atoms with Gasteiger partial charge in [-0.15, -0.1) is 11.3 Å². The van der Waals surface area contributed by atoms with E-state index in [1.54, 1.807) is 37.4 Å². The van der Waals surface area contributed by atoms with Crippen molar-refractivity contribution in [2.45, 2.75) is 19.8 Å². The maximum absolute atomic E-state index is 13.7. The number of aryl methyl sites for hydroxylation is 1. The Kier molecular flexibility index (Phi) is 4.61. The summed E-state index contributed by atoms with van der Waals surface area (Å²) in [7, 11) is 0. The van der Waals surface area contributed by atoms with Crippen LogP contribution in [-0.2, 0) is 4.79 Å². The minimum Gasteiger partial charge on any atom is -0.293 e. The Morgan fingerprint density at radius 1 is 1.48 bits per heavy atom. The van der Waals surface area contributed by atoms with Crippen molar-refractivity contribution in [3.05, 3.63) is 57.8 Å². The molecule has 1 heterocycles. The van der Waals surface area contributed by atoms with Gasteiger partial charge in [0.1, 0.15) is 10.8 Å². The number of hydrogen-bond acceptors (Lipinski definition) is 4. The molecule has 1 aromatic carbocycles. The van der Waals surface area contributed by atoms with Gasteiger partial charge in [-0.25, -0.2) is 9.37 Å². The van der Waals surface area contributed by atoms with Gasteiger partial charge in [0.25, 0.3) is 0 Å². The molecule has 0 aliphatic rings. The summed E-state index contributed by atoms with van der Waals surface area (Å²) in [5, 5.41) is 11.5. The first-order chi connectivity index (χ1) is 10.0. The third-order valence-electron chi connectivity index (χ3n) is 2.95. The molecule has 1 atom stereocenters. The smallest absolute Gasteiger partial charge is 0.180 e. The van der Waals surface area contributed by atoms with Gasteiger partial charge in [0.2, 0.25) is 0 Å². The molecule has 3 nitrogen and oxygen atoms in total. The lowest BCUT2D eigenvalue weighted by Crippen LogP contribution is -2.08. The molecule has 5 heteroatoms. The molecule has 106 valence electrons. The van der Waals surface area contributed by atoms with Crippen LogP contribution in [0.2, 0.25) is 0 Å². The van der Waals surface area contributed by atoms with Crippen molar-refractivity contribution >= 4 is 22.7 Å². The van der Waals surface area contributed by atoms with E-state index in [2.05, 4.69) is 4.98 Å². The van der Waals surface area contributed by atoms with Gasteiger partial charge in [-0.2, -0.15) is 5.26 Å². The lowest BCUT2D eigenvalue weighted by atomic mass is 10.0. The van der Waals surface area contributed by atoms with Gasteiger partial charge in [-0.1, -0.05) is 18.2 Å². The summed E-state index contributed by atoms with van der Waals surface area (Å²) in [6, 6.07) is 8.19. The molecule has 0 N–H and O–H groups in total. The van der Waals surface area contributed by atoms with Crippen LogP contribution in [0.5, 0.6) is 0 Å². The van der Waals surface area contributed by atoms with Gasteiger partial charge in [0.15, 0.2) is 11.7 Å². The molecule has 0 spiro atoms. The number of benzene rings is 1. The largest absolute Gasteiger partial charge is 0.293 e. The Morgan fingerprint density at radius 2 is 2.19 bits per heavy atom. The van der Waals surface area contributed by atoms with Gasteiger partial charge in [0, 0.05) is 16.6 Å². The third kappa shape index (κ3) is 3.41. The molecule has 21 heavy (non-hydrogen) atoms. The standard InChI is InChI=1S/C16H13FN2OS/c1-10(12-5-3-4-6-14(12)17)7-15(20)13(8-18)16-19-11(2)9-21-16/h3-7,9,13H,1-2H3/b10-7-. The molecule has 0 aliphatic carbocycles. The van der Waals surface area contributed by atoms with E-state index >= 15 is 0 Å². The predicted molar refractivity (Wildman–Crippen MR) is 80.3 cm³/mol. The molecule has 1 aromatic heterocycles. The van der Waals surface area contributed by atoms with Crippen LogP contribution in [0.15, 0.2) is 35.7 Å². The first-order valence-electron chi connectivity index (χ1n) is 6.31. The molecule has 0 amide bonds.